The van der Waals surface area contributed by atoms with E-state index in [1.54, 1.807) is 12.1 Å². The van der Waals surface area contributed by atoms with Gasteiger partial charge in [-0.25, -0.2) is 13.2 Å². The molecule has 5 rings (SSSR count). The monoisotopic (exact) mass is 486 g/mol. The van der Waals surface area contributed by atoms with Crippen LogP contribution in [0.25, 0.3) is 11.1 Å². The number of nitro benzene ring substituents is 1. The fourth-order valence-electron chi connectivity index (χ4n) is 4.59. The average molecular weight is 487 g/mol. The molecule has 0 atom stereocenters. The standard InChI is InChI=1S/C22H22N4O7S/c27-21(14-25-19-7-5-17(26(29)30)13-20(19)33-22(25)28)23-8-10-24(11-9-23)34(31,32)18-6-4-15-2-1-3-16(15)12-18/h4-7,12-13H,1-3,8-11,14H2. The van der Waals surface area contributed by atoms with Crippen LogP contribution in [0.5, 0.6) is 0 Å². The van der Waals surface area contributed by atoms with E-state index in [1.807, 2.05) is 6.07 Å². The van der Waals surface area contributed by atoms with Gasteiger partial charge in [-0.05, 0) is 48.6 Å². The highest BCUT2D eigenvalue weighted by atomic mass is 32.2. The van der Waals surface area contributed by atoms with Gasteiger partial charge in [-0.1, -0.05) is 6.07 Å². The SMILES string of the molecule is O=C(Cn1c(=O)oc2cc([N+](=O)[O-])ccc21)N1CCN(S(=O)(=O)c2ccc3c(c2)CCC3)CC1. The average Bonchev–Trinajstić information content (AvgIpc) is 3.42. The second kappa shape index (κ2) is 8.37. The van der Waals surface area contributed by atoms with E-state index >= 15 is 0 Å². The zero-order valence-corrected chi connectivity index (χ0v) is 19.0. The van der Waals surface area contributed by atoms with Crippen LogP contribution in [0.3, 0.4) is 0 Å². The molecular weight excluding hydrogens is 464 g/mol. The highest BCUT2D eigenvalue weighted by Gasteiger charge is 2.31. The van der Waals surface area contributed by atoms with Crippen LogP contribution in [0.15, 0.2) is 50.5 Å². The summed E-state index contributed by atoms with van der Waals surface area (Å²) in [4.78, 5) is 37.2. The van der Waals surface area contributed by atoms with Gasteiger partial charge in [-0.2, -0.15) is 4.31 Å². The fraction of sp³-hybridized carbons (Fsp3) is 0.364. The molecule has 1 aliphatic heterocycles. The van der Waals surface area contributed by atoms with E-state index in [-0.39, 0.29) is 60.3 Å². The molecule has 11 nitrogen and oxygen atoms in total. The minimum absolute atomic E-state index is 0.0252. The van der Waals surface area contributed by atoms with Crippen molar-refractivity contribution in [2.45, 2.75) is 30.7 Å². The van der Waals surface area contributed by atoms with Crippen LogP contribution in [-0.4, -0.2) is 59.2 Å². The minimum atomic E-state index is -3.66. The van der Waals surface area contributed by atoms with Gasteiger partial charge in [0.2, 0.25) is 15.9 Å². The number of nitro groups is 1. The fourth-order valence-corrected chi connectivity index (χ4v) is 6.06. The molecule has 1 fully saturated rings. The number of non-ortho nitro benzene ring substituents is 1. The molecule has 0 bridgehead atoms. The summed E-state index contributed by atoms with van der Waals surface area (Å²) in [6.45, 7) is 0.385. The van der Waals surface area contributed by atoms with Gasteiger partial charge in [0.05, 0.1) is 21.4 Å². The number of fused-ring (bicyclic) bond motifs is 2. The summed E-state index contributed by atoms with van der Waals surface area (Å²) in [6.07, 6.45) is 2.89. The van der Waals surface area contributed by atoms with Gasteiger partial charge < -0.3 is 9.32 Å². The predicted molar refractivity (Wildman–Crippen MR) is 121 cm³/mol. The first-order valence-electron chi connectivity index (χ1n) is 10.9. The molecule has 0 N–H and O–H groups in total. The van der Waals surface area contributed by atoms with E-state index in [0.717, 1.165) is 35.5 Å². The Bertz CT molecular complexity index is 1470. The van der Waals surface area contributed by atoms with Crippen molar-refractivity contribution in [3.8, 4) is 0 Å². The van der Waals surface area contributed by atoms with Crippen molar-refractivity contribution < 1.29 is 22.6 Å². The molecule has 2 aromatic carbocycles. The maximum absolute atomic E-state index is 13.1. The second-order valence-corrected chi connectivity index (χ2v) is 10.4. The van der Waals surface area contributed by atoms with Gasteiger partial charge in [-0.3, -0.25) is 19.5 Å². The molecule has 1 aliphatic carbocycles. The third-order valence-corrected chi connectivity index (χ3v) is 8.35. The lowest BCUT2D eigenvalue weighted by Gasteiger charge is -2.34. The molecule has 34 heavy (non-hydrogen) atoms. The lowest BCUT2D eigenvalue weighted by molar-refractivity contribution is -0.384. The summed E-state index contributed by atoms with van der Waals surface area (Å²) >= 11 is 0. The van der Waals surface area contributed by atoms with Gasteiger partial charge in [0, 0.05) is 32.2 Å². The number of hydrogen-bond donors (Lipinski definition) is 0. The van der Waals surface area contributed by atoms with Crippen molar-refractivity contribution in [2.24, 2.45) is 0 Å². The summed E-state index contributed by atoms with van der Waals surface area (Å²) in [6, 6.07) is 9.04. The normalized spacial score (nSPS) is 16.6. The van der Waals surface area contributed by atoms with E-state index in [0.29, 0.717) is 0 Å². The number of aromatic nitrogens is 1. The van der Waals surface area contributed by atoms with Gasteiger partial charge >= 0.3 is 5.76 Å². The predicted octanol–water partition coefficient (Wildman–Crippen LogP) is 1.52. The molecule has 178 valence electrons. The molecule has 1 amide bonds. The summed E-state index contributed by atoms with van der Waals surface area (Å²) < 4.78 is 33.8. The number of carbonyl (C=O) groups excluding carboxylic acids is 1. The molecule has 0 saturated carbocycles. The van der Waals surface area contributed by atoms with E-state index in [9.17, 15) is 28.1 Å². The van der Waals surface area contributed by atoms with Crippen LogP contribution in [-0.2, 0) is 34.2 Å². The molecule has 12 heteroatoms. The highest BCUT2D eigenvalue weighted by molar-refractivity contribution is 7.89. The van der Waals surface area contributed by atoms with E-state index in [1.165, 1.54) is 26.9 Å². The largest absolute Gasteiger partial charge is 0.420 e. The Balaban J connectivity index is 1.27. The van der Waals surface area contributed by atoms with Crippen molar-refractivity contribution in [3.05, 3.63) is 68.2 Å². The van der Waals surface area contributed by atoms with Crippen LogP contribution >= 0.6 is 0 Å². The number of piperazine rings is 1. The summed E-state index contributed by atoms with van der Waals surface area (Å²) in [5.41, 5.74) is 2.36. The number of aryl methyl sites for hydroxylation is 2. The van der Waals surface area contributed by atoms with Gasteiger partial charge in [0.1, 0.15) is 6.54 Å². The van der Waals surface area contributed by atoms with Crippen LogP contribution in [0, 0.1) is 10.1 Å². The van der Waals surface area contributed by atoms with Crippen molar-refractivity contribution >= 4 is 32.7 Å². The molecule has 0 radical (unpaired) electrons. The molecule has 2 aliphatic rings. The van der Waals surface area contributed by atoms with Crippen molar-refractivity contribution in [1.29, 1.82) is 0 Å². The van der Waals surface area contributed by atoms with Crippen molar-refractivity contribution in [2.75, 3.05) is 26.2 Å². The first kappa shape index (κ1) is 22.3. The lowest BCUT2D eigenvalue weighted by atomic mass is 10.1. The third-order valence-electron chi connectivity index (χ3n) is 6.46. The number of benzene rings is 2. The van der Waals surface area contributed by atoms with Gasteiger partial charge in [0.15, 0.2) is 5.58 Å². The number of rotatable bonds is 5. The minimum Gasteiger partial charge on any atom is -0.407 e. The van der Waals surface area contributed by atoms with Gasteiger partial charge in [0.25, 0.3) is 5.69 Å². The number of hydrogen-bond acceptors (Lipinski definition) is 7. The summed E-state index contributed by atoms with van der Waals surface area (Å²) in [7, 11) is -3.66. The molecule has 0 spiro atoms. The van der Waals surface area contributed by atoms with Crippen LogP contribution in [0.4, 0.5) is 5.69 Å². The lowest BCUT2D eigenvalue weighted by Crippen LogP contribution is -2.51. The molecule has 1 aromatic heterocycles. The Morgan fingerprint density at radius 3 is 2.50 bits per heavy atom. The first-order chi connectivity index (χ1) is 16.2. The van der Waals surface area contributed by atoms with Crippen molar-refractivity contribution in [1.82, 2.24) is 13.8 Å². The Morgan fingerprint density at radius 2 is 1.76 bits per heavy atom. The Hall–Kier alpha value is -3.51. The summed E-state index contributed by atoms with van der Waals surface area (Å²) in [5, 5.41) is 10.9. The number of sulfonamides is 1. The van der Waals surface area contributed by atoms with Crippen LogP contribution in [0.2, 0.25) is 0 Å². The van der Waals surface area contributed by atoms with E-state index in [2.05, 4.69) is 0 Å². The zero-order chi connectivity index (χ0) is 24.0. The first-order valence-corrected chi connectivity index (χ1v) is 12.4. The van der Waals surface area contributed by atoms with Crippen LogP contribution < -0.4 is 5.76 Å². The number of amides is 1. The van der Waals surface area contributed by atoms with Gasteiger partial charge in [-0.15, -0.1) is 0 Å². The number of carbonyl (C=O) groups is 1. The van der Waals surface area contributed by atoms with E-state index in [4.69, 9.17) is 4.42 Å². The summed E-state index contributed by atoms with van der Waals surface area (Å²) in [5.74, 6) is -1.15. The smallest absolute Gasteiger partial charge is 0.407 e. The molecule has 1 saturated heterocycles. The number of oxazole rings is 1. The van der Waals surface area contributed by atoms with E-state index < -0.39 is 20.7 Å². The Morgan fingerprint density at radius 1 is 1.03 bits per heavy atom. The quantitative estimate of drug-likeness (QED) is 0.394. The number of nitrogens with zero attached hydrogens (tertiary/aromatic N) is 4. The van der Waals surface area contributed by atoms with Crippen LogP contribution in [0.1, 0.15) is 17.5 Å². The molecule has 0 unspecified atom stereocenters. The topological polar surface area (TPSA) is 136 Å². The molecule has 2 heterocycles. The Labute approximate surface area is 194 Å². The third kappa shape index (κ3) is 3.88. The van der Waals surface area contributed by atoms with Crippen molar-refractivity contribution in [3.63, 3.8) is 0 Å². The maximum Gasteiger partial charge on any atom is 0.420 e. The maximum atomic E-state index is 13.1. The second-order valence-electron chi connectivity index (χ2n) is 8.43. The Kier molecular flexibility index (Phi) is 5.48. The molecule has 3 aromatic rings. The molecular formula is C22H22N4O7S. The highest BCUT2D eigenvalue weighted by Crippen LogP contribution is 2.27. The zero-order valence-electron chi connectivity index (χ0n) is 18.2.